The molecule has 0 bridgehead atoms. The molecule has 0 spiro atoms. The highest BCUT2D eigenvalue weighted by Gasteiger charge is 2.43. The first kappa shape index (κ1) is 38.0. The van der Waals surface area contributed by atoms with Gasteiger partial charge in [-0.15, -0.1) is 11.3 Å². The van der Waals surface area contributed by atoms with Crippen molar-refractivity contribution in [3.63, 3.8) is 0 Å². The molecule has 0 fully saturated rings. The van der Waals surface area contributed by atoms with Crippen molar-refractivity contribution in [3.8, 4) is 22.3 Å². The Morgan fingerprint density at radius 3 is 2.25 bits per heavy atom. The summed E-state index contributed by atoms with van der Waals surface area (Å²) >= 11 is 2.00. The van der Waals surface area contributed by atoms with E-state index in [1.165, 1.54) is 76.2 Å². The summed E-state index contributed by atoms with van der Waals surface area (Å²) in [6.45, 7) is 11.1. The number of thiophene rings is 1. The van der Waals surface area contributed by atoms with Gasteiger partial charge in [-0.2, -0.15) is 0 Å². The summed E-state index contributed by atoms with van der Waals surface area (Å²) in [6.07, 6.45) is 19.9. The highest BCUT2D eigenvalue weighted by atomic mass is 32.1. The van der Waals surface area contributed by atoms with Crippen LogP contribution < -0.4 is 4.90 Å². The van der Waals surface area contributed by atoms with Gasteiger partial charge in [0.2, 0.25) is 0 Å². The van der Waals surface area contributed by atoms with Crippen molar-refractivity contribution in [1.29, 1.82) is 0 Å². The van der Waals surface area contributed by atoms with Crippen molar-refractivity contribution in [3.05, 3.63) is 215 Å². The maximum absolute atomic E-state index is 3.91. The number of hydrogen-bond donors (Lipinski definition) is 0. The van der Waals surface area contributed by atoms with Gasteiger partial charge in [-0.3, -0.25) is 0 Å². The second kappa shape index (κ2) is 15.8. The normalized spacial score (nSPS) is 16.8. The summed E-state index contributed by atoms with van der Waals surface area (Å²) < 4.78 is 1.41. The number of nitrogens with zero attached hydrogens (tertiary/aromatic N) is 1. The first-order valence-corrected chi connectivity index (χ1v) is 22.4. The molecule has 1 nitrogen and oxygen atoms in total. The molecular formula is C58H51NS. The van der Waals surface area contributed by atoms with Crippen LogP contribution in [0.2, 0.25) is 0 Å². The Labute approximate surface area is 360 Å². The molecule has 2 atom stereocenters. The number of benzene rings is 6. The average Bonchev–Trinajstić information content (AvgIpc) is 3.79. The Kier molecular flexibility index (Phi) is 9.98. The minimum Gasteiger partial charge on any atom is -0.310 e. The molecule has 0 amide bonds. The van der Waals surface area contributed by atoms with Crippen LogP contribution in [0.4, 0.5) is 17.1 Å². The van der Waals surface area contributed by atoms with Crippen molar-refractivity contribution < 1.29 is 0 Å². The molecule has 3 aliphatic carbocycles. The zero-order chi connectivity index (χ0) is 40.8. The predicted octanol–water partition coefficient (Wildman–Crippen LogP) is 16.7. The van der Waals surface area contributed by atoms with Crippen LogP contribution in [-0.2, 0) is 11.8 Å². The number of allylic oxidation sites excluding steroid dienone is 8. The molecule has 294 valence electrons. The van der Waals surface area contributed by atoms with E-state index in [9.17, 15) is 0 Å². The SMILES string of the molecule is C=C/C=C\CC(C)c1ccc2c3c(sc2c1-c1ccc(N(c2ccc(-c4ccccc4)cc2)c2cccc(C4=CC=C5c6ccccc6C(C)(C)C5C4)c2)cc1)CCC=C3. The van der Waals surface area contributed by atoms with Crippen LogP contribution in [-0.4, -0.2) is 0 Å². The third kappa shape index (κ3) is 6.74. The third-order valence-electron chi connectivity index (χ3n) is 13.3. The summed E-state index contributed by atoms with van der Waals surface area (Å²) in [6, 6.07) is 52.1. The number of fused-ring (bicyclic) bond motifs is 6. The summed E-state index contributed by atoms with van der Waals surface area (Å²) in [5.74, 6) is 0.814. The lowest BCUT2D eigenvalue weighted by atomic mass is 9.72. The first-order chi connectivity index (χ1) is 29.4. The molecule has 2 heteroatoms. The summed E-state index contributed by atoms with van der Waals surface area (Å²) in [7, 11) is 0. The van der Waals surface area contributed by atoms with Gasteiger partial charge in [0.15, 0.2) is 0 Å². The predicted molar refractivity (Wildman–Crippen MR) is 261 cm³/mol. The molecule has 1 aromatic heterocycles. The van der Waals surface area contributed by atoms with E-state index in [0.29, 0.717) is 11.8 Å². The fourth-order valence-corrected chi connectivity index (χ4v) is 11.4. The zero-order valence-electron chi connectivity index (χ0n) is 34.9. The highest BCUT2D eigenvalue weighted by Crippen LogP contribution is 2.55. The van der Waals surface area contributed by atoms with Crippen LogP contribution in [0.5, 0.6) is 0 Å². The number of rotatable bonds is 10. The maximum atomic E-state index is 3.91. The Hall–Kier alpha value is -6.22. The van der Waals surface area contributed by atoms with Crippen molar-refractivity contribution in [2.45, 2.75) is 57.8 Å². The maximum Gasteiger partial charge on any atom is 0.0467 e. The lowest BCUT2D eigenvalue weighted by molar-refractivity contribution is 0.418. The number of aryl methyl sites for hydroxylation is 1. The van der Waals surface area contributed by atoms with Gasteiger partial charge >= 0.3 is 0 Å². The van der Waals surface area contributed by atoms with Crippen molar-refractivity contribution >= 4 is 55.7 Å². The topological polar surface area (TPSA) is 3.24 Å². The largest absolute Gasteiger partial charge is 0.310 e. The van der Waals surface area contributed by atoms with Crippen molar-refractivity contribution in [1.82, 2.24) is 0 Å². The lowest BCUT2D eigenvalue weighted by Crippen LogP contribution is -2.24. The molecule has 0 radical (unpaired) electrons. The van der Waals surface area contributed by atoms with E-state index in [1.807, 2.05) is 17.4 Å². The van der Waals surface area contributed by atoms with E-state index in [4.69, 9.17) is 0 Å². The fourth-order valence-electron chi connectivity index (χ4n) is 10.1. The van der Waals surface area contributed by atoms with Crippen LogP contribution in [0.1, 0.15) is 78.6 Å². The van der Waals surface area contributed by atoms with Gasteiger partial charge in [0.1, 0.15) is 0 Å². The minimum atomic E-state index is 0.0806. The molecule has 3 aliphatic rings. The van der Waals surface area contributed by atoms with Gasteiger partial charge in [0.05, 0.1) is 0 Å². The Balaban J connectivity index is 1.06. The lowest BCUT2D eigenvalue weighted by Gasteiger charge is -2.32. The second-order valence-electron chi connectivity index (χ2n) is 17.3. The van der Waals surface area contributed by atoms with Crippen molar-refractivity contribution in [2.75, 3.05) is 4.90 Å². The first-order valence-electron chi connectivity index (χ1n) is 21.6. The molecular weight excluding hydrogens is 743 g/mol. The molecule has 1 heterocycles. The van der Waals surface area contributed by atoms with E-state index in [1.54, 1.807) is 0 Å². The van der Waals surface area contributed by atoms with E-state index < -0.39 is 0 Å². The van der Waals surface area contributed by atoms with Gasteiger partial charge < -0.3 is 4.90 Å². The standard InChI is InChI=1S/C58H51NS/c1-5-6-8-16-39(2)48-35-36-52-51-22-12-14-24-55(51)60-57(52)56(48)42-27-32-46(33-28-42)59(45-30-25-41(26-31-45)40-17-9-7-10-18-40)47-20-15-19-43(37-47)44-29-34-50-49-21-11-13-23-53(49)58(3,4)54(50)38-44/h5-13,15,17-23,25-37,39,54H,1,14,16,24,38H2,2-4H3/b8-6-. The van der Waals surface area contributed by atoms with E-state index in [0.717, 1.165) is 42.7 Å². The van der Waals surface area contributed by atoms with E-state index in [-0.39, 0.29) is 5.41 Å². The van der Waals surface area contributed by atoms with Gasteiger partial charge in [-0.1, -0.05) is 173 Å². The van der Waals surface area contributed by atoms with Crippen LogP contribution >= 0.6 is 11.3 Å². The smallest absolute Gasteiger partial charge is 0.0467 e. The number of hydrogen-bond acceptors (Lipinski definition) is 2. The van der Waals surface area contributed by atoms with Gasteiger partial charge in [-0.25, -0.2) is 0 Å². The van der Waals surface area contributed by atoms with Crippen LogP contribution in [0.25, 0.3) is 49.6 Å². The summed E-state index contributed by atoms with van der Waals surface area (Å²) in [5.41, 5.74) is 18.4. The highest BCUT2D eigenvalue weighted by molar-refractivity contribution is 7.20. The molecule has 60 heavy (non-hydrogen) atoms. The molecule has 6 aromatic carbocycles. The van der Waals surface area contributed by atoms with Crippen LogP contribution in [0, 0.1) is 5.92 Å². The summed E-state index contributed by atoms with van der Waals surface area (Å²) in [4.78, 5) is 3.94. The van der Waals surface area contributed by atoms with Gasteiger partial charge in [0, 0.05) is 37.6 Å². The average molecular weight is 794 g/mol. The zero-order valence-corrected chi connectivity index (χ0v) is 35.7. The van der Waals surface area contributed by atoms with Crippen molar-refractivity contribution in [2.24, 2.45) is 5.92 Å². The molecule has 0 saturated carbocycles. The quantitative estimate of drug-likeness (QED) is 0.125. The van der Waals surface area contributed by atoms with Gasteiger partial charge in [0.25, 0.3) is 0 Å². The second-order valence-corrected chi connectivity index (χ2v) is 18.4. The Morgan fingerprint density at radius 2 is 1.47 bits per heavy atom. The number of anilines is 3. The Morgan fingerprint density at radius 1 is 0.750 bits per heavy atom. The molecule has 0 N–H and O–H groups in total. The minimum absolute atomic E-state index is 0.0806. The third-order valence-corrected chi connectivity index (χ3v) is 14.6. The summed E-state index contributed by atoms with van der Waals surface area (Å²) in [5, 5.41) is 1.38. The monoisotopic (exact) mass is 793 g/mol. The molecule has 2 unspecified atom stereocenters. The Bertz CT molecular complexity index is 2860. The van der Waals surface area contributed by atoms with E-state index >= 15 is 0 Å². The molecule has 0 aliphatic heterocycles. The van der Waals surface area contributed by atoms with Gasteiger partial charge in [-0.05, 0) is 135 Å². The van der Waals surface area contributed by atoms with Crippen LogP contribution in [0.3, 0.4) is 0 Å². The molecule has 7 aromatic rings. The molecule has 10 rings (SSSR count). The molecule has 0 saturated heterocycles. The van der Waals surface area contributed by atoms with E-state index in [2.05, 4.69) is 208 Å². The van der Waals surface area contributed by atoms with Crippen LogP contribution in [0.15, 0.2) is 183 Å². The fraction of sp³-hybridized carbons (Fsp3) is 0.172.